The lowest BCUT2D eigenvalue weighted by Crippen LogP contribution is -2.61. The molecule has 10 heavy (non-hydrogen) atoms. The number of aliphatic hydroxyl groups is 1. The number of rotatable bonds is 0. The molecule has 0 saturated heterocycles. The molecule has 2 saturated carbocycles. The van der Waals surface area contributed by atoms with Crippen molar-refractivity contribution in [1.29, 1.82) is 0 Å². The van der Waals surface area contributed by atoms with Gasteiger partial charge in [0.15, 0.2) is 5.78 Å². The zero-order valence-electron chi connectivity index (χ0n) is 5.51. The van der Waals surface area contributed by atoms with Crippen molar-refractivity contribution in [3.05, 3.63) is 0 Å². The summed E-state index contributed by atoms with van der Waals surface area (Å²) in [5.41, 5.74) is -0.821. The Morgan fingerprint density at radius 2 is 2.40 bits per heavy atom. The normalized spacial score (nSPS) is 52.4. The third-order valence-corrected chi connectivity index (χ3v) is 3.30. The van der Waals surface area contributed by atoms with Gasteiger partial charge in [0.05, 0.1) is 11.5 Å². The molecule has 0 bridgehead atoms. The fourth-order valence-electron chi connectivity index (χ4n) is 2.03. The van der Waals surface area contributed by atoms with Crippen molar-refractivity contribution in [2.45, 2.75) is 30.2 Å². The van der Waals surface area contributed by atoms with Gasteiger partial charge in [0.25, 0.3) is 0 Å². The SMILES string of the molecule is O=C1[C@@H](Cl)[C@@]2(O)CCC[C@@H]12. The molecule has 2 aliphatic carbocycles. The van der Waals surface area contributed by atoms with Crippen molar-refractivity contribution in [1.82, 2.24) is 0 Å². The summed E-state index contributed by atoms with van der Waals surface area (Å²) < 4.78 is 0. The van der Waals surface area contributed by atoms with Gasteiger partial charge in [0.2, 0.25) is 0 Å². The summed E-state index contributed by atoms with van der Waals surface area (Å²) in [7, 11) is 0. The lowest BCUT2D eigenvalue weighted by atomic mass is 9.70. The first-order valence-electron chi connectivity index (χ1n) is 3.56. The van der Waals surface area contributed by atoms with E-state index < -0.39 is 11.0 Å². The van der Waals surface area contributed by atoms with Crippen LogP contribution in [0.3, 0.4) is 0 Å². The van der Waals surface area contributed by atoms with Gasteiger partial charge in [-0.05, 0) is 19.3 Å². The summed E-state index contributed by atoms with van der Waals surface area (Å²) in [6.45, 7) is 0. The van der Waals surface area contributed by atoms with Crippen LogP contribution >= 0.6 is 11.6 Å². The minimum atomic E-state index is -0.821. The Kier molecular flexibility index (Phi) is 1.15. The van der Waals surface area contributed by atoms with Crippen molar-refractivity contribution >= 4 is 17.4 Å². The van der Waals surface area contributed by atoms with E-state index in [0.717, 1.165) is 12.8 Å². The number of hydrogen-bond donors (Lipinski definition) is 1. The van der Waals surface area contributed by atoms with Crippen LogP contribution in [0.15, 0.2) is 0 Å². The maximum Gasteiger partial charge on any atom is 0.159 e. The summed E-state index contributed by atoms with van der Waals surface area (Å²) in [4.78, 5) is 11.0. The van der Waals surface area contributed by atoms with E-state index in [1.54, 1.807) is 0 Å². The maximum absolute atomic E-state index is 11.0. The summed E-state index contributed by atoms with van der Waals surface area (Å²) in [5, 5.41) is 9.02. The first-order chi connectivity index (χ1) is 4.66. The van der Waals surface area contributed by atoms with E-state index in [-0.39, 0.29) is 11.7 Å². The third-order valence-electron chi connectivity index (χ3n) is 2.71. The van der Waals surface area contributed by atoms with Crippen molar-refractivity contribution < 1.29 is 9.90 Å². The van der Waals surface area contributed by atoms with Crippen LogP contribution in [0, 0.1) is 5.92 Å². The molecule has 0 aromatic rings. The number of Topliss-reactive ketones (excluding diaryl/α,β-unsaturated/α-hetero) is 1. The number of halogens is 1. The molecular formula is C7H9ClO2. The Balaban J connectivity index is 2.26. The minimum absolute atomic E-state index is 0.0432. The van der Waals surface area contributed by atoms with Crippen LogP contribution in [-0.2, 0) is 4.79 Å². The van der Waals surface area contributed by atoms with E-state index in [4.69, 9.17) is 11.6 Å². The molecule has 56 valence electrons. The van der Waals surface area contributed by atoms with Crippen LogP contribution < -0.4 is 0 Å². The molecule has 2 fully saturated rings. The summed E-state index contributed by atoms with van der Waals surface area (Å²) >= 11 is 5.64. The van der Waals surface area contributed by atoms with Gasteiger partial charge in [0.1, 0.15) is 5.38 Å². The van der Waals surface area contributed by atoms with E-state index in [1.165, 1.54) is 0 Å². The molecular weight excluding hydrogens is 152 g/mol. The Morgan fingerprint density at radius 1 is 1.70 bits per heavy atom. The molecule has 0 aliphatic heterocycles. The first-order valence-corrected chi connectivity index (χ1v) is 4.00. The fourth-order valence-corrected chi connectivity index (χ4v) is 2.45. The zero-order chi connectivity index (χ0) is 7.35. The lowest BCUT2D eigenvalue weighted by molar-refractivity contribution is -0.150. The quantitative estimate of drug-likeness (QED) is 0.530. The molecule has 2 aliphatic rings. The van der Waals surface area contributed by atoms with Crippen LogP contribution in [0.1, 0.15) is 19.3 Å². The second-order valence-corrected chi connectivity index (χ2v) is 3.64. The average Bonchev–Trinajstić information content (AvgIpc) is 2.28. The zero-order valence-corrected chi connectivity index (χ0v) is 6.27. The smallest absolute Gasteiger partial charge is 0.159 e. The largest absolute Gasteiger partial charge is 0.387 e. The van der Waals surface area contributed by atoms with Crippen molar-refractivity contribution in [2.75, 3.05) is 0 Å². The highest BCUT2D eigenvalue weighted by molar-refractivity contribution is 6.35. The van der Waals surface area contributed by atoms with Crippen molar-refractivity contribution in [3.8, 4) is 0 Å². The van der Waals surface area contributed by atoms with Crippen molar-refractivity contribution in [2.24, 2.45) is 5.92 Å². The van der Waals surface area contributed by atoms with Gasteiger partial charge in [0, 0.05) is 0 Å². The molecule has 0 aromatic carbocycles. The van der Waals surface area contributed by atoms with Gasteiger partial charge in [-0.25, -0.2) is 0 Å². The van der Waals surface area contributed by atoms with Crippen LogP contribution in [-0.4, -0.2) is 21.9 Å². The monoisotopic (exact) mass is 160 g/mol. The molecule has 0 aromatic heterocycles. The van der Waals surface area contributed by atoms with Gasteiger partial charge < -0.3 is 5.11 Å². The van der Waals surface area contributed by atoms with Crippen LogP contribution in [0.25, 0.3) is 0 Å². The predicted octanol–water partition coefficient (Wildman–Crippen LogP) is 0.708. The third kappa shape index (κ3) is 0.523. The fraction of sp³-hybridized carbons (Fsp3) is 0.857. The summed E-state index contributed by atoms with van der Waals surface area (Å²) in [6, 6.07) is 0. The number of carbonyl (C=O) groups is 1. The predicted molar refractivity (Wildman–Crippen MR) is 36.9 cm³/mol. The van der Waals surface area contributed by atoms with E-state index in [0.29, 0.717) is 6.42 Å². The maximum atomic E-state index is 11.0. The molecule has 0 heterocycles. The van der Waals surface area contributed by atoms with Gasteiger partial charge in [-0.1, -0.05) is 0 Å². The number of fused-ring (bicyclic) bond motifs is 1. The molecule has 0 amide bonds. The van der Waals surface area contributed by atoms with Crippen LogP contribution in [0.5, 0.6) is 0 Å². The molecule has 1 N–H and O–H groups in total. The molecule has 0 radical (unpaired) electrons. The van der Waals surface area contributed by atoms with E-state index in [1.807, 2.05) is 0 Å². The highest BCUT2D eigenvalue weighted by atomic mass is 35.5. The molecule has 0 unspecified atom stereocenters. The molecule has 2 nitrogen and oxygen atoms in total. The second kappa shape index (κ2) is 1.74. The van der Waals surface area contributed by atoms with Crippen molar-refractivity contribution in [3.63, 3.8) is 0 Å². The molecule has 3 heteroatoms. The number of carbonyl (C=O) groups excluding carboxylic acids is 1. The van der Waals surface area contributed by atoms with Crippen LogP contribution in [0.2, 0.25) is 0 Å². The van der Waals surface area contributed by atoms with Gasteiger partial charge in [-0.3, -0.25) is 4.79 Å². The van der Waals surface area contributed by atoms with Gasteiger partial charge >= 0.3 is 0 Å². The van der Waals surface area contributed by atoms with E-state index in [9.17, 15) is 9.90 Å². The number of ketones is 1. The first kappa shape index (κ1) is 6.62. The van der Waals surface area contributed by atoms with Gasteiger partial charge in [-0.15, -0.1) is 11.6 Å². The summed E-state index contributed by atoms with van der Waals surface area (Å²) in [6.07, 6.45) is 2.48. The van der Waals surface area contributed by atoms with E-state index in [2.05, 4.69) is 0 Å². The Labute approximate surface area is 64.2 Å². The van der Waals surface area contributed by atoms with E-state index >= 15 is 0 Å². The topological polar surface area (TPSA) is 37.3 Å². The highest BCUT2D eigenvalue weighted by Gasteiger charge is 2.62. The Morgan fingerprint density at radius 3 is 3.00 bits per heavy atom. The molecule has 2 rings (SSSR count). The Bertz CT molecular complexity index is 192. The highest BCUT2D eigenvalue weighted by Crippen LogP contribution is 2.50. The van der Waals surface area contributed by atoms with Gasteiger partial charge in [-0.2, -0.15) is 0 Å². The van der Waals surface area contributed by atoms with Crippen LogP contribution in [0.4, 0.5) is 0 Å². The molecule has 0 spiro atoms. The molecule has 3 atom stereocenters. The number of hydrogen-bond acceptors (Lipinski definition) is 2. The second-order valence-electron chi connectivity index (χ2n) is 3.20. The average molecular weight is 161 g/mol. The standard InChI is InChI=1S/C7H9ClO2/c8-6-5(9)4-2-1-3-7(4,6)10/h4,6,10H,1-3H2/t4-,6+,7+/m0/s1. The lowest BCUT2D eigenvalue weighted by Gasteiger charge is -2.43. The number of alkyl halides is 1. The Hall–Kier alpha value is -0.0800. The summed E-state index contributed by atoms with van der Waals surface area (Å²) in [5.74, 6) is -0.0864. The minimum Gasteiger partial charge on any atom is -0.387 e.